The molecule has 1 atom stereocenters. The Balaban J connectivity index is 1.51. The quantitative estimate of drug-likeness (QED) is 0.820. The Labute approximate surface area is 167 Å². The number of aliphatic imine (C=N–C) groups is 1. The van der Waals surface area contributed by atoms with Crippen LogP contribution in [0.5, 0.6) is 0 Å². The van der Waals surface area contributed by atoms with Crippen molar-refractivity contribution < 1.29 is 14.0 Å². The highest BCUT2D eigenvalue weighted by Crippen LogP contribution is 2.39. The van der Waals surface area contributed by atoms with Gasteiger partial charge in [0.2, 0.25) is 11.8 Å². The molecule has 0 radical (unpaired) electrons. The van der Waals surface area contributed by atoms with Crippen molar-refractivity contribution >= 4 is 40.1 Å². The molecule has 0 bridgehead atoms. The van der Waals surface area contributed by atoms with Crippen LogP contribution in [-0.2, 0) is 9.59 Å². The lowest BCUT2D eigenvalue weighted by Gasteiger charge is -2.15. The number of nitrogens with one attached hydrogen (secondary N) is 1. The van der Waals surface area contributed by atoms with Crippen LogP contribution in [0.1, 0.15) is 24.8 Å². The molecule has 7 heteroatoms. The van der Waals surface area contributed by atoms with E-state index in [0.29, 0.717) is 5.17 Å². The van der Waals surface area contributed by atoms with E-state index in [-0.39, 0.29) is 30.0 Å². The number of amides is 2. The van der Waals surface area contributed by atoms with E-state index in [9.17, 15) is 14.0 Å². The van der Waals surface area contributed by atoms with Gasteiger partial charge in [0.25, 0.3) is 0 Å². The number of hydrogen-bond acceptors (Lipinski definition) is 4. The van der Waals surface area contributed by atoms with Crippen LogP contribution in [0.4, 0.5) is 15.8 Å². The number of amidine groups is 1. The van der Waals surface area contributed by atoms with Gasteiger partial charge in [-0.2, -0.15) is 0 Å². The van der Waals surface area contributed by atoms with E-state index in [4.69, 9.17) is 4.99 Å². The van der Waals surface area contributed by atoms with E-state index in [2.05, 4.69) is 5.32 Å². The van der Waals surface area contributed by atoms with Crippen molar-refractivity contribution in [1.29, 1.82) is 0 Å². The topological polar surface area (TPSA) is 61.8 Å². The SMILES string of the molecule is Cc1ccccc1N=C1SC(CC(=O)Nc2ccccc2F)C(=O)N1C1CC1. The van der Waals surface area contributed by atoms with Gasteiger partial charge in [0.15, 0.2) is 5.17 Å². The Bertz CT molecular complexity index is 958. The molecule has 1 N–H and O–H groups in total. The molecule has 2 aromatic rings. The average molecular weight is 397 g/mol. The summed E-state index contributed by atoms with van der Waals surface area (Å²) in [6.45, 7) is 1.97. The second-order valence-electron chi connectivity index (χ2n) is 6.96. The number of rotatable bonds is 5. The van der Waals surface area contributed by atoms with Gasteiger partial charge < -0.3 is 5.32 Å². The molecule has 1 saturated carbocycles. The van der Waals surface area contributed by atoms with Crippen molar-refractivity contribution in [3.63, 3.8) is 0 Å². The van der Waals surface area contributed by atoms with Gasteiger partial charge in [-0.3, -0.25) is 14.5 Å². The molecule has 1 aliphatic heterocycles. The number of benzene rings is 2. The van der Waals surface area contributed by atoms with Crippen molar-refractivity contribution in [3.05, 3.63) is 59.9 Å². The van der Waals surface area contributed by atoms with E-state index in [1.54, 1.807) is 17.0 Å². The lowest BCUT2D eigenvalue weighted by Crippen LogP contribution is -2.35. The number of carbonyl (C=O) groups excluding carboxylic acids is 2. The zero-order valence-corrected chi connectivity index (χ0v) is 16.2. The summed E-state index contributed by atoms with van der Waals surface area (Å²) in [5.41, 5.74) is 1.97. The van der Waals surface area contributed by atoms with Crippen molar-refractivity contribution in [3.8, 4) is 0 Å². The summed E-state index contributed by atoms with van der Waals surface area (Å²) >= 11 is 1.31. The third kappa shape index (κ3) is 3.94. The van der Waals surface area contributed by atoms with Gasteiger partial charge in [0.1, 0.15) is 11.1 Å². The Kier molecular flexibility index (Phi) is 5.17. The highest BCUT2D eigenvalue weighted by Gasteiger charge is 2.46. The monoisotopic (exact) mass is 397 g/mol. The van der Waals surface area contributed by atoms with Crippen molar-refractivity contribution in [2.24, 2.45) is 4.99 Å². The minimum atomic E-state index is -0.546. The highest BCUT2D eigenvalue weighted by molar-refractivity contribution is 8.15. The summed E-state index contributed by atoms with van der Waals surface area (Å²) in [7, 11) is 0. The summed E-state index contributed by atoms with van der Waals surface area (Å²) in [6.07, 6.45) is 1.88. The first-order valence-electron chi connectivity index (χ1n) is 9.21. The van der Waals surface area contributed by atoms with Crippen LogP contribution in [0, 0.1) is 12.7 Å². The van der Waals surface area contributed by atoms with E-state index in [0.717, 1.165) is 24.1 Å². The molecular formula is C21H20FN3O2S. The van der Waals surface area contributed by atoms with Crippen LogP contribution in [0.25, 0.3) is 0 Å². The number of aryl methyl sites for hydroxylation is 1. The van der Waals surface area contributed by atoms with Crippen LogP contribution in [0.3, 0.4) is 0 Å². The summed E-state index contributed by atoms with van der Waals surface area (Å²) in [5.74, 6) is -0.977. The molecule has 2 aromatic carbocycles. The minimum absolute atomic E-state index is 0.0200. The summed E-state index contributed by atoms with van der Waals surface area (Å²) < 4.78 is 13.7. The molecule has 28 heavy (non-hydrogen) atoms. The van der Waals surface area contributed by atoms with E-state index in [1.165, 1.54) is 23.9 Å². The molecule has 0 aromatic heterocycles. The number of hydrogen-bond donors (Lipinski definition) is 1. The number of carbonyl (C=O) groups is 2. The third-order valence-corrected chi connectivity index (χ3v) is 5.88. The predicted octanol–water partition coefficient (Wildman–Crippen LogP) is 4.26. The second kappa shape index (κ2) is 7.75. The Hall–Kier alpha value is -2.67. The van der Waals surface area contributed by atoms with Gasteiger partial charge in [-0.15, -0.1) is 0 Å². The van der Waals surface area contributed by atoms with Crippen LogP contribution in [-0.4, -0.2) is 33.2 Å². The van der Waals surface area contributed by atoms with Crippen molar-refractivity contribution in [2.75, 3.05) is 5.32 Å². The molecule has 2 aliphatic rings. The molecule has 2 fully saturated rings. The molecular weight excluding hydrogens is 377 g/mol. The number of anilines is 1. The van der Waals surface area contributed by atoms with Crippen LogP contribution < -0.4 is 5.32 Å². The average Bonchev–Trinajstić information content (AvgIpc) is 3.45. The molecule has 1 unspecified atom stereocenters. The normalized spacial score (nSPS) is 20.6. The van der Waals surface area contributed by atoms with E-state index < -0.39 is 11.1 Å². The largest absolute Gasteiger partial charge is 0.324 e. The van der Waals surface area contributed by atoms with Gasteiger partial charge in [0.05, 0.1) is 11.4 Å². The summed E-state index contributed by atoms with van der Waals surface area (Å²) in [6, 6.07) is 13.9. The van der Waals surface area contributed by atoms with Gasteiger partial charge in [-0.1, -0.05) is 42.1 Å². The van der Waals surface area contributed by atoms with E-state index >= 15 is 0 Å². The summed E-state index contributed by atoms with van der Waals surface area (Å²) in [4.78, 5) is 31.7. The molecule has 1 aliphatic carbocycles. The van der Waals surface area contributed by atoms with Gasteiger partial charge in [-0.05, 0) is 43.5 Å². The summed E-state index contributed by atoms with van der Waals surface area (Å²) in [5, 5.41) is 2.65. The number of nitrogens with zero attached hydrogens (tertiary/aromatic N) is 2. The fourth-order valence-corrected chi connectivity index (χ4v) is 4.29. The number of thioether (sulfide) groups is 1. The molecule has 5 nitrogen and oxygen atoms in total. The number of halogens is 1. The Morgan fingerprint density at radius 3 is 2.64 bits per heavy atom. The molecule has 1 heterocycles. The minimum Gasteiger partial charge on any atom is -0.324 e. The fraction of sp³-hybridized carbons (Fsp3) is 0.286. The zero-order chi connectivity index (χ0) is 19.7. The molecule has 0 spiro atoms. The molecule has 1 saturated heterocycles. The maximum absolute atomic E-state index is 13.7. The van der Waals surface area contributed by atoms with Gasteiger partial charge in [-0.25, -0.2) is 9.38 Å². The first-order valence-corrected chi connectivity index (χ1v) is 10.1. The third-order valence-electron chi connectivity index (χ3n) is 4.73. The van der Waals surface area contributed by atoms with Crippen LogP contribution >= 0.6 is 11.8 Å². The maximum Gasteiger partial charge on any atom is 0.242 e. The maximum atomic E-state index is 13.7. The Morgan fingerprint density at radius 1 is 1.21 bits per heavy atom. The first-order chi connectivity index (χ1) is 13.5. The van der Waals surface area contributed by atoms with Gasteiger partial charge in [0, 0.05) is 12.5 Å². The zero-order valence-electron chi connectivity index (χ0n) is 15.4. The first kappa shape index (κ1) is 18.7. The van der Waals surface area contributed by atoms with E-state index in [1.807, 2.05) is 31.2 Å². The highest BCUT2D eigenvalue weighted by atomic mass is 32.2. The van der Waals surface area contributed by atoms with Crippen molar-refractivity contribution in [2.45, 2.75) is 37.5 Å². The lowest BCUT2D eigenvalue weighted by atomic mass is 10.2. The van der Waals surface area contributed by atoms with Gasteiger partial charge >= 0.3 is 0 Å². The Morgan fingerprint density at radius 2 is 1.93 bits per heavy atom. The predicted molar refractivity (Wildman–Crippen MR) is 109 cm³/mol. The van der Waals surface area contributed by atoms with Crippen molar-refractivity contribution in [1.82, 2.24) is 4.90 Å². The van der Waals surface area contributed by atoms with Crippen LogP contribution in [0.15, 0.2) is 53.5 Å². The molecule has 2 amide bonds. The fourth-order valence-electron chi connectivity index (χ4n) is 3.09. The lowest BCUT2D eigenvalue weighted by molar-refractivity contribution is -0.128. The number of para-hydroxylation sites is 2. The standard InChI is InChI=1S/C21H20FN3O2S/c1-13-6-2-4-8-16(13)24-21-25(14-10-11-14)20(27)18(28-21)12-19(26)23-17-9-5-3-7-15(17)22/h2-9,14,18H,10-12H2,1H3,(H,23,26). The van der Waals surface area contributed by atoms with Crippen LogP contribution in [0.2, 0.25) is 0 Å². The smallest absolute Gasteiger partial charge is 0.242 e. The molecule has 4 rings (SSSR count). The molecule has 144 valence electrons. The second-order valence-corrected chi connectivity index (χ2v) is 8.13.